The van der Waals surface area contributed by atoms with Gasteiger partial charge in [-0.3, -0.25) is 0 Å². The standard InChI is InChI=1S/C39H48N2O7/c1-39(2,3)48-37(43)40-23-11-10-18-35(36(42)46-25-28-19-21-29(22-20-28)45-24-27-12-4-5-13-27)41-38(44)47-26-34-32-16-8-6-14-30(32)31-15-7-9-17-33(31)34/h6-9,14-17,19-22,27,34-35H,4-5,10-13,18,23-26H2,1-3H3,(H,40,43)(H,41,44)/t35-/m0/s1. The van der Waals surface area contributed by atoms with Crippen LogP contribution in [-0.4, -0.2) is 49.6 Å². The van der Waals surface area contributed by atoms with Gasteiger partial charge in [0.25, 0.3) is 0 Å². The molecule has 9 heteroatoms. The number of unbranched alkanes of at least 4 members (excludes halogenated alkanes) is 1. The minimum atomic E-state index is -0.920. The van der Waals surface area contributed by atoms with Crippen LogP contribution in [0.15, 0.2) is 72.8 Å². The van der Waals surface area contributed by atoms with Crippen molar-refractivity contribution in [1.82, 2.24) is 10.6 Å². The largest absolute Gasteiger partial charge is 0.493 e. The Morgan fingerprint density at radius 2 is 1.44 bits per heavy atom. The van der Waals surface area contributed by atoms with Crippen LogP contribution in [0.4, 0.5) is 9.59 Å². The number of benzene rings is 3. The quantitative estimate of drug-likeness (QED) is 0.103. The van der Waals surface area contributed by atoms with E-state index in [1.165, 1.54) is 25.7 Å². The number of rotatable bonds is 14. The molecule has 2 N–H and O–H groups in total. The summed E-state index contributed by atoms with van der Waals surface area (Å²) in [6.07, 6.45) is 5.26. The number of esters is 1. The van der Waals surface area contributed by atoms with Crippen LogP contribution in [0.2, 0.25) is 0 Å². The van der Waals surface area contributed by atoms with Gasteiger partial charge < -0.3 is 29.6 Å². The van der Waals surface area contributed by atoms with E-state index in [9.17, 15) is 14.4 Å². The molecule has 3 aromatic carbocycles. The average Bonchev–Trinajstić information content (AvgIpc) is 3.70. The predicted molar refractivity (Wildman–Crippen MR) is 184 cm³/mol. The second-order valence-corrected chi connectivity index (χ2v) is 13.7. The van der Waals surface area contributed by atoms with E-state index in [1.807, 2.05) is 48.5 Å². The highest BCUT2D eigenvalue weighted by atomic mass is 16.6. The van der Waals surface area contributed by atoms with Crippen LogP contribution in [0.5, 0.6) is 5.75 Å². The van der Waals surface area contributed by atoms with E-state index in [4.69, 9.17) is 18.9 Å². The molecule has 0 unspecified atom stereocenters. The van der Waals surface area contributed by atoms with Gasteiger partial charge in [-0.25, -0.2) is 14.4 Å². The van der Waals surface area contributed by atoms with Crippen LogP contribution in [-0.2, 0) is 25.6 Å². The highest BCUT2D eigenvalue weighted by Gasteiger charge is 2.30. The SMILES string of the molecule is CC(C)(C)OC(=O)NCCCC[C@H](NC(=O)OCC1c2ccccc2-c2ccccc21)C(=O)OCc1ccc(OCC2CCCC2)cc1. The summed E-state index contributed by atoms with van der Waals surface area (Å²) in [5, 5.41) is 5.47. The van der Waals surface area contributed by atoms with Crippen LogP contribution in [0.1, 0.15) is 88.3 Å². The minimum Gasteiger partial charge on any atom is -0.493 e. The lowest BCUT2D eigenvalue weighted by atomic mass is 9.98. The molecule has 3 aromatic rings. The number of carbonyl (C=O) groups excluding carboxylic acids is 3. The third kappa shape index (κ3) is 9.99. The number of hydrogen-bond donors (Lipinski definition) is 2. The fraction of sp³-hybridized carbons (Fsp3) is 0.462. The number of ether oxygens (including phenoxy) is 4. The van der Waals surface area contributed by atoms with Gasteiger partial charge in [0.2, 0.25) is 0 Å². The molecule has 5 rings (SSSR count). The zero-order chi connectivity index (χ0) is 33.9. The van der Waals surface area contributed by atoms with E-state index in [1.54, 1.807) is 20.8 Å². The molecule has 1 fully saturated rings. The van der Waals surface area contributed by atoms with E-state index in [0.29, 0.717) is 31.7 Å². The molecule has 0 bridgehead atoms. The maximum Gasteiger partial charge on any atom is 0.407 e. The van der Waals surface area contributed by atoms with Gasteiger partial charge in [-0.05, 0) is 98.7 Å². The fourth-order valence-electron chi connectivity index (χ4n) is 6.34. The number of hydrogen-bond acceptors (Lipinski definition) is 7. The first kappa shape index (κ1) is 34.8. The Bertz CT molecular complexity index is 1480. The molecule has 2 aliphatic carbocycles. The highest BCUT2D eigenvalue weighted by molar-refractivity contribution is 5.82. The summed E-state index contributed by atoms with van der Waals surface area (Å²) in [5.41, 5.74) is 4.71. The Labute approximate surface area is 283 Å². The third-order valence-electron chi connectivity index (χ3n) is 8.77. The van der Waals surface area contributed by atoms with Crippen LogP contribution in [0.3, 0.4) is 0 Å². The van der Waals surface area contributed by atoms with Gasteiger partial charge in [0.05, 0.1) is 6.61 Å². The first-order valence-corrected chi connectivity index (χ1v) is 17.1. The van der Waals surface area contributed by atoms with Crippen LogP contribution in [0.25, 0.3) is 11.1 Å². The Kier molecular flexibility index (Phi) is 12.0. The van der Waals surface area contributed by atoms with Gasteiger partial charge in [-0.1, -0.05) is 73.5 Å². The summed E-state index contributed by atoms with van der Waals surface area (Å²) in [5.74, 6) is 0.772. The number of fused-ring (bicyclic) bond motifs is 3. The van der Waals surface area contributed by atoms with Crippen molar-refractivity contribution in [2.24, 2.45) is 5.92 Å². The molecule has 0 aliphatic heterocycles. The number of carbonyl (C=O) groups is 3. The Morgan fingerprint density at radius 3 is 2.08 bits per heavy atom. The maximum atomic E-state index is 13.3. The van der Waals surface area contributed by atoms with E-state index in [-0.39, 0.29) is 19.1 Å². The molecule has 0 heterocycles. The van der Waals surface area contributed by atoms with Crippen molar-refractivity contribution < 1.29 is 33.3 Å². The van der Waals surface area contributed by atoms with E-state index >= 15 is 0 Å². The smallest absolute Gasteiger partial charge is 0.407 e. The van der Waals surface area contributed by atoms with E-state index in [0.717, 1.165) is 40.2 Å². The first-order valence-electron chi connectivity index (χ1n) is 17.1. The van der Waals surface area contributed by atoms with Crippen molar-refractivity contribution in [1.29, 1.82) is 0 Å². The Morgan fingerprint density at radius 1 is 0.792 bits per heavy atom. The second-order valence-electron chi connectivity index (χ2n) is 13.7. The molecular formula is C39H48N2O7. The third-order valence-corrected chi connectivity index (χ3v) is 8.77. The summed E-state index contributed by atoms with van der Waals surface area (Å²) in [7, 11) is 0. The van der Waals surface area contributed by atoms with Crippen molar-refractivity contribution in [3.05, 3.63) is 89.5 Å². The van der Waals surface area contributed by atoms with Crippen LogP contribution < -0.4 is 15.4 Å². The van der Waals surface area contributed by atoms with E-state index < -0.39 is 29.8 Å². The molecule has 2 aliphatic rings. The molecule has 0 aromatic heterocycles. The maximum absolute atomic E-state index is 13.3. The van der Waals surface area contributed by atoms with Crippen LogP contribution >= 0.6 is 0 Å². The number of nitrogens with one attached hydrogen (secondary N) is 2. The monoisotopic (exact) mass is 656 g/mol. The van der Waals surface area contributed by atoms with Crippen molar-refractivity contribution in [2.45, 2.75) is 89.9 Å². The lowest BCUT2D eigenvalue weighted by molar-refractivity contribution is -0.147. The normalized spacial score (nSPS) is 14.8. The van der Waals surface area contributed by atoms with Crippen LogP contribution in [0, 0.1) is 5.92 Å². The summed E-state index contributed by atoms with van der Waals surface area (Å²) < 4.78 is 22.6. The summed E-state index contributed by atoms with van der Waals surface area (Å²) >= 11 is 0. The Hall–Kier alpha value is -4.53. The molecule has 9 nitrogen and oxygen atoms in total. The van der Waals surface area contributed by atoms with Gasteiger partial charge in [0.1, 0.15) is 30.6 Å². The first-order chi connectivity index (χ1) is 23.2. The molecule has 48 heavy (non-hydrogen) atoms. The minimum absolute atomic E-state index is 0.0603. The molecule has 1 saturated carbocycles. The van der Waals surface area contributed by atoms with Gasteiger partial charge in [0.15, 0.2) is 0 Å². The lowest BCUT2D eigenvalue weighted by Gasteiger charge is -2.20. The number of alkyl carbamates (subject to hydrolysis) is 2. The molecule has 0 radical (unpaired) electrons. The summed E-state index contributed by atoms with van der Waals surface area (Å²) in [6.45, 7) is 6.70. The summed E-state index contributed by atoms with van der Waals surface area (Å²) in [6, 6.07) is 22.9. The zero-order valence-corrected chi connectivity index (χ0v) is 28.3. The topological polar surface area (TPSA) is 112 Å². The molecule has 256 valence electrons. The summed E-state index contributed by atoms with van der Waals surface area (Å²) in [4.78, 5) is 38.4. The van der Waals surface area contributed by atoms with Gasteiger partial charge >= 0.3 is 18.2 Å². The van der Waals surface area contributed by atoms with Crippen molar-refractivity contribution >= 4 is 18.2 Å². The molecule has 2 amide bonds. The lowest BCUT2D eigenvalue weighted by Crippen LogP contribution is -2.42. The second kappa shape index (κ2) is 16.5. The average molecular weight is 657 g/mol. The van der Waals surface area contributed by atoms with Gasteiger partial charge in [-0.2, -0.15) is 0 Å². The molecule has 0 saturated heterocycles. The number of amides is 2. The highest BCUT2D eigenvalue weighted by Crippen LogP contribution is 2.44. The van der Waals surface area contributed by atoms with Gasteiger partial charge in [-0.15, -0.1) is 0 Å². The fourth-order valence-corrected chi connectivity index (χ4v) is 6.34. The van der Waals surface area contributed by atoms with Crippen molar-refractivity contribution in [2.75, 3.05) is 19.8 Å². The van der Waals surface area contributed by atoms with Gasteiger partial charge in [0, 0.05) is 12.5 Å². The molecule has 0 spiro atoms. The molecular weight excluding hydrogens is 608 g/mol. The predicted octanol–water partition coefficient (Wildman–Crippen LogP) is 7.90. The van der Waals surface area contributed by atoms with Crippen molar-refractivity contribution in [3.8, 4) is 16.9 Å². The van der Waals surface area contributed by atoms with E-state index in [2.05, 4.69) is 34.9 Å². The zero-order valence-electron chi connectivity index (χ0n) is 28.3. The molecule has 1 atom stereocenters. The van der Waals surface area contributed by atoms with Crippen molar-refractivity contribution in [3.63, 3.8) is 0 Å². The Balaban J connectivity index is 1.14.